The van der Waals surface area contributed by atoms with Gasteiger partial charge in [-0.1, -0.05) is 6.07 Å². The molecule has 0 spiro atoms. The quantitative estimate of drug-likeness (QED) is 0.596. The topological polar surface area (TPSA) is 61.4 Å². The van der Waals surface area contributed by atoms with E-state index >= 15 is 0 Å². The first-order valence-electron chi connectivity index (χ1n) is 4.08. The molecule has 0 saturated heterocycles. The van der Waals surface area contributed by atoms with Crippen LogP contribution in [0.1, 0.15) is 15.9 Å². The molecule has 0 unspecified atom stereocenters. The minimum absolute atomic E-state index is 0.327. The van der Waals surface area contributed by atoms with Gasteiger partial charge in [0.25, 0.3) is 0 Å². The van der Waals surface area contributed by atoms with Crippen molar-refractivity contribution in [1.82, 2.24) is 5.32 Å². The predicted molar refractivity (Wildman–Crippen MR) is 48.7 cm³/mol. The Morgan fingerprint density at radius 1 is 1.46 bits per heavy atom. The summed E-state index contributed by atoms with van der Waals surface area (Å²) in [6.07, 6.45) is 0. The molecule has 1 aliphatic heterocycles. The second-order valence-electron chi connectivity index (χ2n) is 2.96. The Hall–Kier alpha value is -1.55. The predicted octanol–water partition coefficient (Wildman–Crippen LogP) is 0.857. The molecule has 0 aromatic heterocycles. The SMILES string of the molecule is O=C(O)c1ccc2c(c1)NCNC2. The highest BCUT2D eigenvalue weighted by Crippen LogP contribution is 2.19. The second-order valence-corrected chi connectivity index (χ2v) is 2.96. The lowest BCUT2D eigenvalue weighted by Crippen LogP contribution is -2.27. The molecular formula is C9H10N2O2. The van der Waals surface area contributed by atoms with Gasteiger partial charge in [-0.3, -0.25) is 5.32 Å². The van der Waals surface area contributed by atoms with Crippen LogP contribution < -0.4 is 10.6 Å². The van der Waals surface area contributed by atoms with E-state index in [1.54, 1.807) is 12.1 Å². The average Bonchev–Trinajstić information content (AvgIpc) is 2.17. The number of carbonyl (C=O) groups is 1. The molecular weight excluding hydrogens is 168 g/mol. The lowest BCUT2D eigenvalue weighted by atomic mass is 10.1. The smallest absolute Gasteiger partial charge is 0.335 e. The number of benzene rings is 1. The zero-order chi connectivity index (χ0) is 9.26. The Morgan fingerprint density at radius 3 is 3.08 bits per heavy atom. The number of hydrogen-bond donors (Lipinski definition) is 3. The molecule has 1 aromatic rings. The third-order valence-electron chi connectivity index (χ3n) is 2.08. The van der Waals surface area contributed by atoms with Crippen LogP contribution in [0.25, 0.3) is 0 Å². The molecule has 68 valence electrons. The van der Waals surface area contributed by atoms with Crippen LogP contribution in [0.4, 0.5) is 5.69 Å². The number of anilines is 1. The van der Waals surface area contributed by atoms with Crippen molar-refractivity contribution in [3.05, 3.63) is 29.3 Å². The molecule has 0 bridgehead atoms. The lowest BCUT2D eigenvalue weighted by Gasteiger charge is -2.19. The highest BCUT2D eigenvalue weighted by molar-refractivity contribution is 5.89. The van der Waals surface area contributed by atoms with Crippen LogP contribution in [0, 0.1) is 0 Å². The summed E-state index contributed by atoms with van der Waals surface area (Å²) < 4.78 is 0. The van der Waals surface area contributed by atoms with Gasteiger partial charge in [-0.15, -0.1) is 0 Å². The van der Waals surface area contributed by atoms with Gasteiger partial charge in [-0.05, 0) is 17.7 Å². The van der Waals surface area contributed by atoms with Crippen LogP contribution in [0.5, 0.6) is 0 Å². The summed E-state index contributed by atoms with van der Waals surface area (Å²) in [6.45, 7) is 1.48. The van der Waals surface area contributed by atoms with Crippen LogP contribution in [-0.2, 0) is 6.54 Å². The summed E-state index contributed by atoms with van der Waals surface area (Å²) in [5.41, 5.74) is 2.35. The van der Waals surface area contributed by atoms with Gasteiger partial charge in [0.2, 0.25) is 0 Å². The molecule has 0 amide bonds. The van der Waals surface area contributed by atoms with E-state index in [1.165, 1.54) is 0 Å². The van der Waals surface area contributed by atoms with Gasteiger partial charge in [-0.2, -0.15) is 0 Å². The molecule has 2 rings (SSSR count). The van der Waals surface area contributed by atoms with Crippen LogP contribution in [0.3, 0.4) is 0 Å². The summed E-state index contributed by atoms with van der Waals surface area (Å²) in [6, 6.07) is 5.12. The molecule has 13 heavy (non-hydrogen) atoms. The van der Waals surface area contributed by atoms with Gasteiger partial charge in [0.15, 0.2) is 0 Å². The van der Waals surface area contributed by atoms with E-state index in [1.807, 2.05) is 6.07 Å². The Kier molecular flexibility index (Phi) is 1.90. The zero-order valence-electron chi connectivity index (χ0n) is 7.00. The monoisotopic (exact) mass is 178 g/mol. The van der Waals surface area contributed by atoms with E-state index in [4.69, 9.17) is 5.11 Å². The molecule has 0 aliphatic carbocycles. The number of fused-ring (bicyclic) bond motifs is 1. The number of nitrogens with one attached hydrogen (secondary N) is 2. The second kappa shape index (κ2) is 3.06. The zero-order valence-corrected chi connectivity index (χ0v) is 7.00. The molecule has 0 fully saturated rings. The maximum Gasteiger partial charge on any atom is 0.335 e. The number of carboxylic acids is 1. The number of carboxylic acid groups (broad SMARTS) is 1. The van der Waals surface area contributed by atoms with E-state index in [0.717, 1.165) is 17.8 Å². The molecule has 4 heteroatoms. The van der Waals surface area contributed by atoms with Crippen molar-refractivity contribution in [3.8, 4) is 0 Å². The fourth-order valence-electron chi connectivity index (χ4n) is 1.38. The third kappa shape index (κ3) is 1.48. The van der Waals surface area contributed by atoms with Crippen molar-refractivity contribution < 1.29 is 9.90 Å². The Labute approximate surface area is 75.6 Å². The molecule has 1 aliphatic rings. The first-order valence-corrected chi connectivity index (χ1v) is 4.08. The summed E-state index contributed by atoms with van der Waals surface area (Å²) in [4.78, 5) is 10.6. The summed E-state index contributed by atoms with van der Waals surface area (Å²) in [5, 5.41) is 15.0. The summed E-state index contributed by atoms with van der Waals surface area (Å²) in [7, 11) is 0. The standard InChI is InChI=1S/C9H10N2O2/c12-9(13)6-1-2-7-4-10-5-11-8(7)3-6/h1-3,10-11H,4-5H2,(H,12,13). The van der Waals surface area contributed by atoms with Crippen molar-refractivity contribution >= 4 is 11.7 Å². The van der Waals surface area contributed by atoms with Crippen LogP contribution >= 0.6 is 0 Å². The summed E-state index contributed by atoms with van der Waals surface area (Å²) in [5.74, 6) is -0.886. The van der Waals surface area contributed by atoms with Crippen molar-refractivity contribution in [2.45, 2.75) is 6.54 Å². The molecule has 0 radical (unpaired) electrons. The van der Waals surface area contributed by atoms with Gasteiger partial charge in [0.1, 0.15) is 0 Å². The van der Waals surface area contributed by atoms with E-state index in [9.17, 15) is 4.79 Å². The molecule has 1 heterocycles. The van der Waals surface area contributed by atoms with E-state index in [-0.39, 0.29) is 0 Å². The fourth-order valence-corrected chi connectivity index (χ4v) is 1.38. The number of rotatable bonds is 1. The van der Waals surface area contributed by atoms with E-state index < -0.39 is 5.97 Å². The van der Waals surface area contributed by atoms with Gasteiger partial charge >= 0.3 is 5.97 Å². The minimum atomic E-state index is -0.886. The van der Waals surface area contributed by atoms with Crippen LogP contribution in [0.15, 0.2) is 18.2 Å². The maximum absolute atomic E-state index is 10.6. The fraction of sp³-hybridized carbons (Fsp3) is 0.222. The Balaban J connectivity index is 2.40. The van der Waals surface area contributed by atoms with Crippen LogP contribution in [-0.4, -0.2) is 17.7 Å². The molecule has 4 nitrogen and oxygen atoms in total. The van der Waals surface area contributed by atoms with Gasteiger partial charge in [0, 0.05) is 12.2 Å². The van der Waals surface area contributed by atoms with Gasteiger partial charge in [0.05, 0.1) is 12.2 Å². The first-order chi connectivity index (χ1) is 6.27. The highest BCUT2D eigenvalue weighted by atomic mass is 16.4. The lowest BCUT2D eigenvalue weighted by molar-refractivity contribution is 0.0697. The maximum atomic E-state index is 10.6. The highest BCUT2D eigenvalue weighted by Gasteiger charge is 2.10. The third-order valence-corrected chi connectivity index (χ3v) is 2.08. The minimum Gasteiger partial charge on any atom is -0.478 e. The Morgan fingerprint density at radius 2 is 2.31 bits per heavy atom. The van der Waals surface area contributed by atoms with Crippen LogP contribution in [0.2, 0.25) is 0 Å². The molecule has 3 N–H and O–H groups in total. The molecule has 0 saturated carbocycles. The van der Waals surface area contributed by atoms with Crippen molar-refractivity contribution in [2.24, 2.45) is 0 Å². The summed E-state index contributed by atoms with van der Waals surface area (Å²) >= 11 is 0. The van der Waals surface area contributed by atoms with Gasteiger partial charge < -0.3 is 10.4 Å². The van der Waals surface area contributed by atoms with Gasteiger partial charge in [-0.25, -0.2) is 4.79 Å². The van der Waals surface area contributed by atoms with Crippen molar-refractivity contribution in [2.75, 3.05) is 12.0 Å². The average molecular weight is 178 g/mol. The van der Waals surface area contributed by atoms with Crippen molar-refractivity contribution in [3.63, 3.8) is 0 Å². The number of hydrogen-bond acceptors (Lipinski definition) is 3. The Bertz CT molecular complexity index is 349. The largest absolute Gasteiger partial charge is 0.478 e. The molecule has 1 aromatic carbocycles. The van der Waals surface area contributed by atoms with E-state index in [2.05, 4.69) is 10.6 Å². The van der Waals surface area contributed by atoms with Crippen molar-refractivity contribution in [1.29, 1.82) is 0 Å². The van der Waals surface area contributed by atoms with E-state index in [0.29, 0.717) is 12.2 Å². The number of aromatic carboxylic acids is 1. The normalized spacial score (nSPS) is 14.5. The first kappa shape index (κ1) is 8.07. The molecule has 0 atom stereocenters.